The second kappa shape index (κ2) is 4.80. The molecule has 2 bridgehead atoms. The van der Waals surface area contributed by atoms with E-state index in [1.54, 1.807) is 12.0 Å². The predicted molar refractivity (Wildman–Crippen MR) is 74.2 cm³/mol. The number of fused-ring (bicyclic) bond motifs is 2. The number of rotatable bonds is 3. The Kier molecular flexibility index (Phi) is 2.96. The third-order valence-electron chi connectivity index (χ3n) is 3.90. The Bertz CT molecular complexity index is 534. The average Bonchev–Trinajstić information content (AvgIpc) is 2.78. The number of nitrogens with zero attached hydrogens (tertiary/aromatic N) is 1. The van der Waals surface area contributed by atoms with Crippen molar-refractivity contribution in [1.82, 2.24) is 4.90 Å². The minimum absolute atomic E-state index is 0.0182. The summed E-state index contributed by atoms with van der Waals surface area (Å²) in [5.41, 5.74) is 0.960. The first-order chi connectivity index (χ1) is 9.44. The number of benzene rings is 1. The highest BCUT2D eigenvalue weighted by atomic mass is 79.9. The van der Waals surface area contributed by atoms with Crippen LogP contribution in [0.4, 0.5) is 0 Å². The van der Waals surface area contributed by atoms with Gasteiger partial charge in [0, 0.05) is 11.4 Å². The van der Waals surface area contributed by atoms with Gasteiger partial charge in [0.25, 0.3) is 0 Å². The maximum atomic E-state index is 12.3. The fraction of sp³-hybridized carbons (Fsp3) is 0.500. The van der Waals surface area contributed by atoms with Crippen LogP contribution in [-0.2, 0) is 11.3 Å². The highest BCUT2D eigenvalue weighted by molar-refractivity contribution is 9.09. The number of likely N-dealkylation sites (tertiary alicyclic amines) is 1. The first-order valence-electron chi connectivity index (χ1n) is 6.74. The van der Waals surface area contributed by atoms with E-state index in [0.717, 1.165) is 11.3 Å². The molecule has 1 aromatic rings. The third kappa shape index (κ3) is 2.05. The molecule has 102 valence electrons. The molecule has 1 saturated heterocycles. The minimum atomic E-state index is -1.56. The fourth-order valence-corrected chi connectivity index (χ4v) is 3.90. The van der Waals surface area contributed by atoms with Crippen LogP contribution in [0, 0.1) is 5.92 Å². The maximum Gasteiger partial charge on any atom is 0.227 e. The Hall–Kier alpha value is -1.07. The summed E-state index contributed by atoms with van der Waals surface area (Å²) in [6, 6.07) is 6.98. The van der Waals surface area contributed by atoms with E-state index < -0.39 is 12.1 Å². The quantitative estimate of drug-likeness (QED) is 0.857. The fourth-order valence-electron chi connectivity index (χ4n) is 2.89. The SMILES string of the molecule is [2H][C@@]1(O)C[C@H]2C(=O)N(Cc3ccc(OC)cc3)[C@@H]1[C@H]2Br. The lowest BCUT2D eigenvalue weighted by Gasteiger charge is -2.30. The van der Waals surface area contributed by atoms with Crippen LogP contribution in [0.1, 0.15) is 13.4 Å². The highest BCUT2D eigenvalue weighted by Gasteiger charge is 2.56. The minimum Gasteiger partial charge on any atom is -0.497 e. The Morgan fingerprint density at radius 1 is 1.53 bits per heavy atom. The summed E-state index contributed by atoms with van der Waals surface area (Å²) in [4.78, 5) is 13.7. The molecule has 0 aromatic heterocycles. The summed E-state index contributed by atoms with van der Waals surface area (Å²) in [7, 11) is 1.60. The van der Waals surface area contributed by atoms with Gasteiger partial charge in [-0.2, -0.15) is 0 Å². The molecule has 1 aliphatic carbocycles. The third-order valence-corrected chi connectivity index (χ3v) is 5.04. The molecule has 2 aliphatic rings. The number of ether oxygens (including phenoxy) is 1. The van der Waals surface area contributed by atoms with Crippen LogP contribution in [0.5, 0.6) is 5.75 Å². The van der Waals surface area contributed by atoms with Crippen molar-refractivity contribution >= 4 is 21.8 Å². The molecule has 1 saturated carbocycles. The Morgan fingerprint density at radius 3 is 2.79 bits per heavy atom. The van der Waals surface area contributed by atoms with Gasteiger partial charge in [0.15, 0.2) is 0 Å². The van der Waals surface area contributed by atoms with Crippen LogP contribution in [0.3, 0.4) is 0 Å². The predicted octanol–water partition coefficient (Wildman–Crippen LogP) is 1.55. The van der Waals surface area contributed by atoms with Crippen molar-refractivity contribution in [1.29, 1.82) is 0 Å². The van der Waals surface area contributed by atoms with Gasteiger partial charge in [-0.15, -0.1) is 0 Å². The van der Waals surface area contributed by atoms with Crippen LogP contribution in [0.2, 0.25) is 0 Å². The first kappa shape index (κ1) is 11.7. The molecular weight excluding hydrogens is 310 g/mol. The second-order valence-corrected chi connectivity index (χ2v) is 6.06. The smallest absolute Gasteiger partial charge is 0.227 e. The van der Waals surface area contributed by atoms with E-state index in [1.807, 2.05) is 24.3 Å². The molecule has 1 N–H and O–H groups in total. The number of piperidine rings is 1. The Balaban J connectivity index is 1.81. The number of methoxy groups -OCH3 is 1. The van der Waals surface area contributed by atoms with Gasteiger partial charge < -0.3 is 14.7 Å². The van der Waals surface area contributed by atoms with Gasteiger partial charge in [-0.1, -0.05) is 28.1 Å². The van der Waals surface area contributed by atoms with Gasteiger partial charge >= 0.3 is 0 Å². The van der Waals surface area contributed by atoms with Crippen molar-refractivity contribution < 1.29 is 16.0 Å². The van der Waals surface area contributed by atoms with Gasteiger partial charge in [-0.3, -0.25) is 4.79 Å². The standard InChI is InChI=1S/C14H16BrNO3/c1-19-9-4-2-8(3-5-9)7-16-13-11(17)6-10(12(13)15)14(16)18/h2-5,10-13,17H,6-7H2,1H3/t10-,11-,12+,13+/m1/s1/i11D. The van der Waals surface area contributed by atoms with Crippen LogP contribution in [0.15, 0.2) is 24.3 Å². The highest BCUT2D eigenvalue weighted by Crippen LogP contribution is 2.44. The molecule has 4 nitrogen and oxygen atoms in total. The van der Waals surface area contributed by atoms with E-state index in [0.29, 0.717) is 6.54 Å². The molecule has 1 aromatic carbocycles. The van der Waals surface area contributed by atoms with E-state index in [4.69, 9.17) is 6.11 Å². The van der Waals surface area contributed by atoms with Crippen molar-refractivity contribution in [3.05, 3.63) is 29.8 Å². The van der Waals surface area contributed by atoms with E-state index in [9.17, 15) is 9.90 Å². The van der Waals surface area contributed by atoms with Crippen LogP contribution < -0.4 is 4.74 Å². The average molecular weight is 327 g/mol. The van der Waals surface area contributed by atoms with E-state index >= 15 is 0 Å². The molecule has 19 heavy (non-hydrogen) atoms. The van der Waals surface area contributed by atoms with E-state index in [2.05, 4.69) is 15.9 Å². The zero-order valence-electron chi connectivity index (χ0n) is 11.5. The van der Waals surface area contributed by atoms with Crippen LogP contribution in [-0.4, -0.2) is 40.0 Å². The first-order valence-corrected chi connectivity index (χ1v) is 7.15. The summed E-state index contributed by atoms with van der Waals surface area (Å²) in [6.45, 7) is 0.410. The second-order valence-electron chi connectivity index (χ2n) is 5.01. The maximum absolute atomic E-state index is 12.3. The van der Waals surface area contributed by atoms with Crippen molar-refractivity contribution in [3.8, 4) is 5.75 Å². The van der Waals surface area contributed by atoms with Crippen molar-refractivity contribution in [3.63, 3.8) is 0 Å². The van der Waals surface area contributed by atoms with Crippen molar-refractivity contribution in [2.45, 2.75) is 29.9 Å². The van der Waals surface area contributed by atoms with E-state index in [-0.39, 0.29) is 23.1 Å². The molecule has 3 rings (SSSR count). The Labute approximate surface area is 121 Å². The largest absolute Gasteiger partial charge is 0.497 e. The van der Waals surface area contributed by atoms with Gasteiger partial charge in [0.2, 0.25) is 5.91 Å². The molecule has 1 amide bonds. The molecule has 4 atom stereocenters. The zero-order chi connectivity index (χ0) is 14.5. The lowest BCUT2D eigenvalue weighted by Crippen LogP contribution is -2.44. The molecule has 2 fully saturated rings. The number of carbonyl (C=O) groups is 1. The summed E-state index contributed by atoms with van der Waals surface area (Å²) in [6.07, 6.45) is -1.34. The van der Waals surface area contributed by atoms with Crippen molar-refractivity contribution in [2.75, 3.05) is 7.11 Å². The summed E-state index contributed by atoms with van der Waals surface area (Å²) in [5, 5.41) is 10.1. The number of halogens is 1. The molecular formula is C14H16BrNO3. The number of alkyl halides is 1. The number of aliphatic hydroxyl groups is 1. The zero-order valence-corrected chi connectivity index (χ0v) is 12.1. The lowest BCUT2D eigenvalue weighted by molar-refractivity contribution is -0.138. The number of hydrogen-bond donors (Lipinski definition) is 1. The molecule has 1 heterocycles. The van der Waals surface area contributed by atoms with Gasteiger partial charge in [0.1, 0.15) is 5.75 Å². The lowest BCUT2D eigenvalue weighted by atomic mass is 10.1. The molecule has 0 spiro atoms. The van der Waals surface area contributed by atoms with E-state index in [1.165, 1.54) is 0 Å². The van der Waals surface area contributed by atoms with Crippen LogP contribution in [0.25, 0.3) is 0 Å². The summed E-state index contributed by atoms with van der Waals surface area (Å²) in [5.74, 6) is 0.490. The molecule has 0 unspecified atom stereocenters. The normalized spacial score (nSPS) is 37.6. The van der Waals surface area contributed by atoms with Crippen LogP contribution >= 0.6 is 15.9 Å². The molecule has 5 heteroatoms. The van der Waals surface area contributed by atoms with Gasteiger partial charge in [-0.25, -0.2) is 0 Å². The monoisotopic (exact) mass is 326 g/mol. The number of carbonyl (C=O) groups excluding carboxylic acids is 1. The van der Waals surface area contributed by atoms with Crippen molar-refractivity contribution in [2.24, 2.45) is 5.92 Å². The Morgan fingerprint density at radius 2 is 2.21 bits per heavy atom. The summed E-state index contributed by atoms with van der Waals surface area (Å²) >= 11 is 3.46. The number of hydrogen-bond acceptors (Lipinski definition) is 3. The number of amides is 1. The molecule has 1 aliphatic heterocycles. The summed E-state index contributed by atoms with van der Waals surface area (Å²) < 4.78 is 13.1. The topological polar surface area (TPSA) is 49.8 Å². The van der Waals surface area contributed by atoms with Gasteiger partial charge in [-0.05, 0) is 24.1 Å². The molecule has 0 radical (unpaired) electrons. The van der Waals surface area contributed by atoms with Gasteiger partial charge in [0.05, 0.1) is 26.5 Å².